The standard InChI is InChI=1S/C26H24F6N6O/c27-25(28,29)18-8-6-16(7-9-18)13-37-15-34-21-22(33-12-17-3-1-4-19(11-17)26(30,31)32)35-24(36-23(21)37)38-10-2-5-20(38)14-39/h1,3-4,6-9,11,15,20,39H,2,5,10,12-14H2,(H,33,35,36). The Hall–Kier alpha value is -3.87. The summed E-state index contributed by atoms with van der Waals surface area (Å²) in [5.74, 6) is 0.613. The molecule has 0 bridgehead atoms. The molecule has 7 nitrogen and oxygen atoms in total. The van der Waals surface area contributed by atoms with Crippen LogP contribution in [0.1, 0.15) is 35.1 Å². The molecule has 5 rings (SSSR count). The lowest BCUT2D eigenvalue weighted by Crippen LogP contribution is -2.33. The first-order chi connectivity index (χ1) is 18.5. The molecule has 0 amide bonds. The van der Waals surface area contributed by atoms with Crippen LogP contribution < -0.4 is 10.2 Å². The maximum atomic E-state index is 13.2. The number of anilines is 2. The van der Waals surface area contributed by atoms with Crippen LogP contribution in [0.3, 0.4) is 0 Å². The van der Waals surface area contributed by atoms with Crippen LogP contribution in [-0.2, 0) is 25.4 Å². The van der Waals surface area contributed by atoms with Gasteiger partial charge in [-0.15, -0.1) is 0 Å². The quantitative estimate of drug-likeness (QED) is 0.297. The Labute approximate surface area is 219 Å². The van der Waals surface area contributed by atoms with Crippen molar-refractivity contribution in [3.8, 4) is 0 Å². The molecular weight excluding hydrogens is 526 g/mol. The third kappa shape index (κ3) is 5.77. The Morgan fingerprint density at radius 1 is 0.923 bits per heavy atom. The van der Waals surface area contributed by atoms with E-state index in [1.807, 2.05) is 4.90 Å². The van der Waals surface area contributed by atoms with Crippen molar-refractivity contribution in [3.05, 3.63) is 77.1 Å². The minimum absolute atomic E-state index is 0.0324. The molecule has 1 atom stereocenters. The average Bonchev–Trinajstić information content (AvgIpc) is 3.54. The van der Waals surface area contributed by atoms with Crippen molar-refractivity contribution < 1.29 is 31.4 Å². The highest BCUT2D eigenvalue weighted by molar-refractivity contribution is 5.84. The summed E-state index contributed by atoms with van der Waals surface area (Å²) in [5.41, 5.74) is 0.218. The van der Waals surface area contributed by atoms with Gasteiger partial charge in [0.2, 0.25) is 5.95 Å². The summed E-state index contributed by atoms with van der Waals surface area (Å²) < 4.78 is 80.0. The van der Waals surface area contributed by atoms with Crippen LogP contribution in [0, 0.1) is 0 Å². The van der Waals surface area contributed by atoms with E-state index < -0.39 is 23.5 Å². The predicted octanol–water partition coefficient (Wildman–Crippen LogP) is 5.49. The van der Waals surface area contributed by atoms with E-state index in [9.17, 15) is 31.4 Å². The number of imidazole rings is 1. The summed E-state index contributed by atoms with van der Waals surface area (Å²) in [6, 6.07) is 9.53. The maximum Gasteiger partial charge on any atom is 0.416 e. The molecule has 1 fully saturated rings. The molecule has 0 aliphatic carbocycles. The zero-order valence-corrected chi connectivity index (χ0v) is 20.5. The number of aliphatic hydroxyl groups excluding tert-OH is 1. The van der Waals surface area contributed by atoms with Crippen LogP contribution in [0.4, 0.5) is 38.1 Å². The number of hydrogen-bond donors (Lipinski definition) is 2. The third-order valence-electron chi connectivity index (χ3n) is 6.65. The van der Waals surface area contributed by atoms with E-state index in [-0.39, 0.29) is 25.7 Å². The number of aromatic nitrogens is 4. The van der Waals surface area contributed by atoms with Gasteiger partial charge in [0, 0.05) is 13.1 Å². The number of halogens is 6. The van der Waals surface area contributed by atoms with Crippen molar-refractivity contribution in [2.75, 3.05) is 23.4 Å². The molecule has 1 unspecified atom stereocenters. The number of hydrogen-bond acceptors (Lipinski definition) is 6. The minimum atomic E-state index is -4.47. The van der Waals surface area contributed by atoms with E-state index in [4.69, 9.17) is 0 Å². The van der Waals surface area contributed by atoms with Crippen LogP contribution in [0.2, 0.25) is 0 Å². The van der Waals surface area contributed by atoms with E-state index in [0.717, 1.165) is 37.1 Å². The summed E-state index contributed by atoms with van der Waals surface area (Å²) in [4.78, 5) is 15.5. The molecular formula is C26H24F6N6O. The first-order valence-electron chi connectivity index (χ1n) is 12.2. The molecule has 13 heteroatoms. The van der Waals surface area contributed by atoms with Gasteiger partial charge >= 0.3 is 12.4 Å². The molecule has 2 aromatic heterocycles. The van der Waals surface area contributed by atoms with Crippen LogP contribution in [0.5, 0.6) is 0 Å². The van der Waals surface area contributed by atoms with Crippen molar-refractivity contribution in [1.29, 1.82) is 0 Å². The van der Waals surface area contributed by atoms with E-state index >= 15 is 0 Å². The first-order valence-corrected chi connectivity index (χ1v) is 12.2. The third-order valence-corrected chi connectivity index (χ3v) is 6.65. The lowest BCUT2D eigenvalue weighted by molar-refractivity contribution is -0.138. The topological polar surface area (TPSA) is 79.1 Å². The molecule has 3 heterocycles. The number of benzene rings is 2. The summed E-state index contributed by atoms with van der Waals surface area (Å²) in [6.45, 7) is 0.725. The van der Waals surface area contributed by atoms with Gasteiger partial charge in [0.05, 0.1) is 36.6 Å². The largest absolute Gasteiger partial charge is 0.416 e. The summed E-state index contributed by atoms with van der Waals surface area (Å²) in [6.07, 6.45) is -5.86. The van der Waals surface area contributed by atoms with Gasteiger partial charge in [-0.1, -0.05) is 24.3 Å². The molecule has 1 aliphatic rings. The van der Waals surface area contributed by atoms with Crippen LogP contribution in [-0.4, -0.2) is 43.8 Å². The number of nitrogens with zero attached hydrogens (tertiary/aromatic N) is 5. The molecule has 0 saturated carbocycles. The second kappa shape index (κ2) is 10.4. The Balaban J connectivity index is 1.48. The molecule has 2 N–H and O–H groups in total. The van der Waals surface area contributed by atoms with E-state index in [0.29, 0.717) is 40.6 Å². The van der Waals surface area contributed by atoms with Gasteiger partial charge in [-0.25, -0.2) is 4.98 Å². The summed E-state index contributed by atoms with van der Waals surface area (Å²) in [5, 5.41) is 12.9. The van der Waals surface area contributed by atoms with Crippen molar-refractivity contribution in [1.82, 2.24) is 19.5 Å². The Morgan fingerprint density at radius 2 is 1.67 bits per heavy atom. The van der Waals surface area contributed by atoms with E-state index in [1.54, 1.807) is 10.6 Å². The Morgan fingerprint density at radius 3 is 2.36 bits per heavy atom. The highest BCUT2D eigenvalue weighted by atomic mass is 19.4. The van der Waals surface area contributed by atoms with Crippen molar-refractivity contribution in [2.24, 2.45) is 0 Å². The Bertz CT molecular complexity index is 1450. The number of fused-ring (bicyclic) bond motifs is 1. The van der Waals surface area contributed by atoms with Gasteiger partial charge in [-0.3, -0.25) is 0 Å². The van der Waals surface area contributed by atoms with E-state index in [2.05, 4.69) is 20.3 Å². The van der Waals surface area contributed by atoms with Crippen LogP contribution >= 0.6 is 0 Å². The van der Waals surface area contributed by atoms with Gasteiger partial charge in [-0.2, -0.15) is 36.3 Å². The van der Waals surface area contributed by atoms with Gasteiger partial charge in [0.15, 0.2) is 17.0 Å². The van der Waals surface area contributed by atoms with Crippen molar-refractivity contribution in [2.45, 2.75) is 44.3 Å². The number of nitrogens with one attached hydrogen (secondary N) is 1. The SMILES string of the molecule is OCC1CCCN1c1nc(NCc2cccc(C(F)(F)F)c2)c2ncn(Cc3ccc(C(F)(F)F)cc3)c2n1. The number of aliphatic hydroxyl groups is 1. The second-order valence-corrected chi connectivity index (χ2v) is 9.34. The molecule has 0 spiro atoms. The molecule has 2 aromatic carbocycles. The van der Waals surface area contributed by atoms with Crippen molar-refractivity contribution in [3.63, 3.8) is 0 Å². The Kier molecular flexibility index (Phi) is 7.10. The van der Waals surface area contributed by atoms with Gasteiger partial charge < -0.3 is 19.9 Å². The molecule has 1 saturated heterocycles. The van der Waals surface area contributed by atoms with Crippen LogP contribution in [0.15, 0.2) is 54.9 Å². The van der Waals surface area contributed by atoms with Gasteiger partial charge in [0.1, 0.15) is 0 Å². The predicted molar refractivity (Wildman–Crippen MR) is 132 cm³/mol. The number of rotatable bonds is 7. The maximum absolute atomic E-state index is 13.2. The summed E-state index contributed by atoms with van der Waals surface area (Å²) in [7, 11) is 0. The molecule has 206 valence electrons. The summed E-state index contributed by atoms with van der Waals surface area (Å²) >= 11 is 0. The van der Waals surface area contributed by atoms with Crippen LogP contribution in [0.25, 0.3) is 11.2 Å². The first kappa shape index (κ1) is 26.7. The monoisotopic (exact) mass is 550 g/mol. The fraction of sp³-hybridized carbons (Fsp3) is 0.346. The van der Waals surface area contributed by atoms with Gasteiger partial charge in [0.25, 0.3) is 0 Å². The molecule has 4 aromatic rings. The highest BCUT2D eigenvalue weighted by Crippen LogP contribution is 2.32. The number of alkyl halides is 6. The molecule has 0 radical (unpaired) electrons. The smallest absolute Gasteiger partial charge is 0.394 e. The fourth-order valence-electron chi connectivity index (χ4n) is 4.63. The molecule has 39 heavy (non-hydrogen) atoms. The van der Waals surface area contributed by atoms with E-state index in [1.165, 1.54) is 24.5 Å². The highest BCUT2D eigenvalue weighted by Gasteiger charge is 2.31. The lowest BCUT2D eigenvalue weighted by Gasteiger charge is -2.23. The zero-order valence-electron chi connectivity index (χ0n) is 20.5. The molecule has 1 aliphatic heterocycles. The second-order valence-electron chi connectivity index (χ2n) is 9.34. The fourth-order valence-corrected chi connectivity index (χ4v) is 4.63. The lowest BCUT2D eigenvalue weighted by atomic mass is 10.1. The van der Waals surface area contributed by atoms with Crippen molar-refractivity contribution >= 4 is 22.9 Å². The zero-order chi connectivity index (χ0) is 27.8. The minimum Gasteiger partial charge on any atom is -0.394 e. The van der Waals surface area contributed by atoms with Gasteiger partial charge in [-0.05, 0) is 48.2 Å². The normalized spacial score (nSPS) is 16.3. The average molecular weight is 551 g/mol.